The fourth-order valence-electron chi connectivity index (χ4n) is 1.61. The molecule has 1 aromatic carbocycles. The van der Waals surface area contributed by atoms with E-state index in [4.69, 9.17) is 12.2 Å². The molecule has 0 unspecified atom stereocenters. The molecule has 5 nitrogen and oxygen atoms in total. The van der Waals surface area contributed by atoms with E-state index in [0.717, 1.165) is 29.9 Å². The lowest BCUT2D eigenvalue weighted by Crippen LogP contribution is -2.21. The summed E-state index contributed by atoms with van der Waals surface area (Å²) in [5, 5.41) is 0. The van der Waals surface area contributed by atoms with Crippen molar-refractivity contribution < 1.29 is 8.42 Å². The Morgan fingerprint density at radius 2 is 2.00 bits per heavy atom. The second-order valence-corrected chi connectivity index (χ2v) is 7.55. The predicted octanol–water partition coefficient (Wildman–Crippen LogP) is 1.03. The second-order valence-electron chi connectivity index (χ2n) is 4.32. The number of rotatable bonds is 5. The summed E-state index contributed by atoms with van der Waals surface area (Å²) in [4.78, 5) is 0.846. The van der Waals surface area contributed by atoms with Gasteiger partial charge < -0.3 is 4.72 Å². The zero-order chi connectivity index (χ0) is 13.9. The molecule has 0 aromatic heterocycles. The smallest absolute Gasteiger partial charge is 0.209 e. The maximum Gasteiger partial charge on any atom is 0.209 e. The van der Waals surface area contributed by atoms with Gasteiger partial charge >= 0.3 is 0 Å². The summed E-state index contributed by atoms with van der Waals surface area (Å²) in [5.74, 6) is 0. The van der Waals surface area contributed by atoms with Crippen LogP contribution in [0.4, 0.5) is 0 Å². The Bertz CT molecular complexity index is 557. The highest BCUT2D eigenvalue weighted by molar-refractivity contribution is 7.97. The average Bonchev–Trinajstić information content (AvgIpc) is 2.73. The molecule has 1 aliphatic rings. The molecule has 0 amide bonds. The SMILES string of the molecule is CS(=O)(=O)NCc1ccc(CN2CC(=S)NS2)cc1. The van der Waals surface area contributed by atoms with E-state index in [1.165, 1.54) is 17.7 Å². The van der Waals surface area contributed by atoms with Crippen LogP contribution >= 0.6 is 24.4 Å². The van der Waals surface area contributed by atoms with E-state index >= 15 is 0 Å². The number of nitrogens with zero attached hydrogens (tertiary/aromatic N) is 1. The molecule has 1 aromatic rings. The van der Waals surface area contributed by atoms with Gasteiger partial charge in [-0.05, 0) is 11.1 Å². The van der Waals surface area contributed by atoms with E-state index in [1.807, 2.05) is 24.3 Å². The molecular formula is C11H15N3O2S3. The van der Waals surface area contributed by atoms with Crippen LogP contribution in [0.5, 0.6) is 0 Å². The Hall–Kier alpha value is -0.670. The first-order chi connectivity index (χ1) is 8.92. The highest BCUT2D eigenvalue weighted by atomic mass is 32.2. The van der Waals surface area contributed by atoms with Crippen molar-refractivity contribution in [3.8, 4) is 0 Å². The summed E-state index contributed by atoms with van der Waals surface area (Å²) in [6, 6.07) is 7.86. The van der Waals surface area contributed by atoms with Gasteiger partial charge in [0.1, 0.15) is 4.99 Å². The molecule has 104 valence electrons. The second kappa shape index (κ2) is 6.19. The lowest BCUT2D eigenvalue weighted by atomic mass is 10.1. The van der Waals surface area contributed by atoms with Gasteiger partial charge in [0.05, 0.1) is 12.8 Å². The number of hydrogen-bond donors (Lipinski definition) is 2. The maximum atomic E-state index is 11.0. The minimum absolute atomic E-state index is 0.323. The zero-order valence-electron chi connectivity index (χ0n) is 10.4. The molecule has 0 spiro atoms. The Balaban J connectivity index is 1.89. The molecule has 19 heavy (non-hydrogen) atoms. The molecule has 1 fully saturated rings. The fraction of sp³-hybridized carbons (Fsp3) is 0.364. The van der Waals surface area contributed by atoms with Gasteiger partial charge in [-0.2, -0.15) is 0 Å². The summed E-state index contributed by atoms with van der Waals surface area (Å²) in [5.41, 5.74) is 2.11. The molecule has 1 saturated heterocycles. The summed E-state index contributed by atoms with van der Waals surface area (Å²) < 4.78 is 29.6. The largest absolute Gasteiger partial charge is 0.310 e. The minimum Gasteiger partial charge on any atom is -0.310 e. The van der Waals surface area contributed by atoms with Crippen LogP contribution in [-0.4, -0.2) is 30.5 Å². The first-order valence-corrected chi connectivity index (χ1v) is 8.73. The van der Waals surface area contributed by atoms with Crippen molar-refractivity contribution in [3.05, 3.63) is 35.4 Å². The standard InChI is InChI=1S/C11H15N3O2S3/c1-19(15,16)12-6-9-2-4-10(5-3-9)7-14-8-11(17)13-18-14/h2-5,12H,6-8H2,1H3,(H,13,17). The third-order valence-electron chi connectivity index (χ3n) is 2.53. The molecule has 2 N–H and O–H groups in total. The lowest BCUT2D eigenvalue weighted by molar-refractivity contribution is 0.542. The zero-order valence-corrected chi connectivity index (χ0v) is 12.9. The monoisotopic (exact) mass is 317 g/mol. The lowest BCUT2D eigenvalue weighted by Gasteiger charge is -2.11. The van der Waals surface area contributed by atoms with Crippen LogP contribution in [0.25, 0.3) is 0 Å². The molecule has 8 heteroatoms. The van der Waals surface area contributed by atoms with Crippen molar-refractivity contribution in [1.82, 2.24) is 13.7 Å². The Morgan fingerprint density at radius 3 is 2.53 bits per heavy atom. The average molecular weight is 317 g/mol. The quantitative estimate of drug-likeness (QED) is 0.625. The Kier molecular flexibility index (Phi) is 4.80. The van der Waals surface area contributed by atoms with Crippen LogP contribution in [0.2, 0.25) is 0 Å². The summed E-state index contributed by atoms with van der Waals surface area (Å²) >= 11 is 6.58. The van der Waals surface area contributed by atoms with E-state index in [2.05, 4.69) is 13.7 Å². The molecule has 2 rings (SSSR count). The van der Waals surface area contributed by atoms with Crippen LogP contribution in [0.1, 0.15) is 11.1 Å². The van der Waals surface area contributed by atoms with Crippen LogP contribution < -0.4 is 9.44 Å². The van der Waals surface area contributed by atoms with Crippen LogP contribution in [0.3, 0.4) is 0 Å². The summed E-state index contributed by atoms with van der Waals surface area (Å²) in [6.07, 6.45) is 1.15. The van der Waals surface area contributed by atoms with E-state index in [0.29, 0.717) is 6.54 Å². The van der Waals surface area contributed by atoms with Crippen molar-refractivity contribution in [2.24, 2.45) is 0 Å². The van der Waals surface area contributed by atoms with Gasteiger partial charge in [-0.25, -0.2) is 17.4 Å². The summed E-state index contributed by atoms with van der Waals surface area (Å²) in [7, 11) is -3.14. The van der Waals surface area contributed by atoms with Crippen molar-refractivity contribution in [2.75, 3.05) is 12.8 Å². The first-order valence-electron chi connectivity index (χ1n) is 5.65. The summed E-state index contributed by atoms with van der Waals surface area (Å²) in [6.45, 7) is 1.89. The van der Waals surface area contributed by atoms with Crippen LogP contribution in [0, 0.1) is 0 Å². The Morgan fingerprint density at radius 1 is 1.37 bits per heavy atom. The van der Waals surface area contributed by atoms with Crippen LogP contribution in [-0.2, 0) is 23.1 Å². The number of sulfonamides is 1. The van der Waals surface area contributed by atoms with Crippen molar-refractivity contribution in [3.63, 3.8) is 0 Å². The van der Waals surface area contributed by atoms with Crippen LogP contribution in [0.15, 0.2) is 24.3 Å². The van der Waals surface area contributed by atoms with Gasteiger partial charge in [-0.3, -0.25) is 0 Å². The van der Waals surface area contributed by atoms with Gasteiger partial charge in [-0.15, -0.1) is 0 Å². The van der Waals surface area contributed by atoms with Gasteiger partial charge in [0.15, 0.2) is 0 Å². The van der Waals surface area contributed by atoms with E-state index < -0.39 is 10.0 Å². The highest BCUT2D eigenvalue weighted by Gasteiger charge is 2.16. The topological polar surface area (TPSA) is 61.4 Å². The van der Waals surface area contributed by atoms with E-state index in [9.17, 15) is 8.42 Å². The predicted molar refractivity (Wildman–Crippen MR) is 81.9 cm³/mol. The minimum atomic E-state index is -3.14. The molecule has 0 saturated carbocycles. The third kappa shape index (κ3) is 5.07. The van der Waals surface area contributed by atoms with E-state index in [1.54, 1.807) is 0 Å². The fourth-order valence-corrected chi connectivity index (χ4v) is 3.09. The molecule has 0 atom stereocenters. The number of nitrogens with one attached hydrogen (secondary N) is 2. The first kappa shape index (κ1) is 14.7. The maximum absolute atomic E-state index is 11.0. The molecular weight excluding hydrogens is 302 g/mol. The molecule has 0 bridgehead atoms. The highest BCUT2D eigenvalue weighted by Crippen LogP contribution is 2.17. The van der Waals surface area contributed by atoms with Gasteiger partial charge in [0.25, 0.3) is 0 Å². The Labute approximate surface area is 123 Å². The third-order valence-corrected chi connectivity index (χ3v) is 4.41. The van der Waals surface area contributed by atoms with Gasteiger partial charge in [-0.1, -0.05) is 36.5 Å². The molecule has 0 radical (unpaired) electrons. The van der Waals surface area contributed by atoms with Crippen molar-refractivity contribution in [1.29, 1.82) is 0 Å². The van der Waals surface area contributed by atoms with Crippen molar-refractivity contribution >= 4 is 39.4 Å². The molecule has 1 heterocycles. The normalized spacial score (nSPS) is 16.6. The molecule has 1 aliphatic heterocycles. The van der Waals surface area contributed by atoms with Gasteiger partial charge in [0.2, 0.25) is 10.0 Å². The number of thiocarbonyl (C=S) groups is 1. The van der Waals surface area contributed by atoms with Crippen molar-refractivity contribution in [2.45, 2.75) is 13.1 Å². The number of hydrogen-bond acceptors (Lipinski definition) is 5. The number of benzene rings is 1. The molecule has 0 aliphatic carbocycles. The van der Waals surface area contributed by atoms with E-state index in [-0.39, 0.29) is 0 Å². The van der Waals surface area contributed by atoms with Gasteiger partial charge in [0, 0.05) is 25.2 Å².